The molecule has 1 aromatic heterocycles. The average Bonchev–Trinajstić information content (AvgIpc) is 2.97. The maximum Gasteiger partial charge on any atom is 0.101 e. The fourth-order valence-electron chi connectivity index (χ4n) is 2.13. The van der Waals surface area contributed by atoms with Gasteiger partial charge in [0.1, 0.15) is 6.07 Å². The molecule has 0 amide bonds. The third-order valence-electron chi connectivity index (χ3n) is 3.17. The molecule has 0 radical (unpaired) electrons. The largest absolute Gasteiger partial charge is 0.472 e. The van der Waals surface area contributed by atoms with E-state index in [0.717, 1.165) is 36.4 Å². The second-order valence-corrected chi connectivity index (χ2v) is 4.73. The zero-order chi connectivity index (χ0) is 14.4. The monoisotopic (exact) mass is 269 g/mol. The number of hydrogen-bond donors (Lipinski definition) is 1. The second kappa shape index (κ2) is 6.78. The van der Waals surface area contributed by atoms with Crippen molar-refractivity contribution in [1.29, 1.82) is 5.26 Å². The molecule has 0 saturated heterocycles. The first-order valence-electron chi connectivity index (χ1n) is 6.70. The Kier molecular flexibility index (Phi) is 4.80. The Morgan fingerprint density at radius 3 is 2.80 bits per heavy atom. The van der Waals surface area contributed by atoms with Crippen molar-refractivity contribution in [2.75, 3.05) is 18.5 Å². The first kappa shape index (κ1) is 14.2. The Morgan fingerprint density at radius 1 is 1.30 bits per heavy atom. The molecule has 104 valence electrons. The van der Waals surface area contributed by atoms with Crippen LogP contribution in [0.1, 0.15) is 23.6 Å². The quantitative estimate of drug-likeness (QED) is 0.876. The maximum atomic E-state index is 9.33. The van der Waals surface area contributed by atoms with Gasteiger partial charge in [-0.2, -0.15) is 5.26 Å². The molecule has 1 aromatic carbocycles. The van der Waals surface area contributed by atoms with Crippen molar-refractivity contribution < 1.29 is 4.42 Å². The molecule has 0 unspecified atom stereocenters. The Balaban J connectivity index is 2.16. The first-order chi connectivity index (χ1) is 9.74. The van der Waals surface area contributed by atoms with E-state index in [1.807, 2.05) is 25.2 Å². The van der Waals surface area contributed by atoms with E-state index in [1.54, 1.807) is 12.5 Å². The number of furan rings is 1. The van der Waals surface area contributed by atoms with Crippen LogP contribution in [0.15, 0.2) is 41.2 Å². The molecule has 0 aliphatic heterocycles. The van der Waals surface area contributed by atoms with Crippen LogP contribution in [0.5, 0.6) is 0 Å². The molecule has 0 fully saturated rings. The normalized spacial score (nSPS) is 10.2. The van der Waals surface area contributed by atoms with E-state index in [0.29, 0.717) is 5.56 Å². The molecule has 0 bridgehead atoms. The van der Waals surface area contributed by atoms with Crippen LogP contribution < -0.4 is 10.2 Å². The van der Waals surface area contributed by atoms with Gasteiger partial charge < -0.3 is 14.6 Å². The van der Waals surface area contributed by atoms with E-state index < -0.39 is 0 Å². The van der Waals surface area contributed by atoms with Crippen molar-refractivity contribution >= 4 is 5.69 Å². The minimum atomic E-state index is 0.700. The van der Waals surface area contributed by atoms with Gasteiger partial charge in [0.05, 0.1) is 23.8 Å². The van der Waals surface area contributed by atoms with Gasteiger partial charge in [-0.05, 0) is 30.3 Å². The van der Waals surface area contributed by atoms with Crippen LogP contribution in [-0.4, -0.2) is 13.6 Å². The third kappa shape index (κ3) is 3.40. The lowest BCUT2D eigenvalue weighted by molar-refractivity contribution is 0.563. The molecule has 2 rings (SSSR count). The summed E-state index contributed by atoms with van der Waals surface area (Å²) in [4.78, 5) is 2.06. The van der Waals surface area contributed by atoms with Crippen molar-refractivity contribution in [3.8, 4) is 6.07 Å². The number of hydrogen-bond acceptors (Lipinski definition) is 4. The van der Waals surface area contributed by atoms with Crippen molar-refractivity contribution in [3.63, 3.8) is 0 Å². The van der Waals surface area contributed by atoms with Crippen LogP contribution in [0, 0.1) is 11.3 Å². The molecule has 1 N–H and O–H groups in total. The Bertz CT molecular complexity index is 584. The fourth-order valence-corrected chi connectivity index (χ4v) is 2.13. The SMILES string of the molecule is CCNCc1ccc(N(C)Cc2ccoc2)c(C#N)c1. The van der Waals surface area contributed by atoms with Crippen molar-refractivity contribution in [1.82, 2.24) is 5.32 Å². The van der Waals surface area contributed by atoms with Gasteiger partial charge in [0, 0.05) is 25.7 Å². The Morgan fingerprint density at radius 2 is 2.15 bits per heavy atom. The van der Waals surface area contributed by atoms with E-state index in [9.17, 15) is 5.26 Å². The van der Waals surface area contributed by atoms with Gasteiger partial charge in [-0.1, -0.05) is 13.0 Å². The number of nitriles is 1. The van der Waals surface area contributed by atoms with Gasteiger partial charge in [0.25, 0.3) is 0 Å². The van der Waals surface area contributed by atoms with E-state index in [2.05, 4.69) is 29.3 Å². The van der Waals surface area contributed by atoms with Crippen LogP contribution in [0.3, 0.4) is 0 Å². The molecule has 0 aliphatic rings. The van der Waals surface area contributed by atoms with Crippen molar-refractivity contribution in [2.45, 2.75) is 20.0 Å². The van der Waals surface area contributed by atoms with E-state index in [-0.39, 0.29) is 0 Å². The summed E-state index contributed by atoms with van der Waals surface area (Å²) in [5.41, 5.74) is 3.86. The first-order valence-corrected chi connectivity index (χ1v) is 6.70. The summed E-state index contributed by atoms with van der Waals surface area (Å²) in [7, 11) is 1.98. The highest BCUT2D eigenvalue weighted by molar-refractivity contribution is 5.60. The highest BCUT2D eigenvalue weighted by Gasteiger charge is 2.09. The number of rotatable bonds is 6. The maximum absolute atomic E-state index is 9.33. The van der Waals surface area contributed by atoms with Crippen molar-refractivity contribution in [3.05, 3.63) is 53.5 Å². The summed E-state index contributed by atoms with van der Waals surface area (Å²) in [6.45, 7) is 4.50. The molecular weight excluding hydrogens is 250 g/mol. The van der Waals surface area contributed by atoms with Gasteiger partial charge in [-0.25, -0.2) is 0 Å². The molecule has 20 heavy (non-hydrogen) atoms. The molecule has 0 spiro atoms. The van der Waals surface area contributed by atoms with Crippen LogP contribution in [0.4, 0.5) is 5.69 Å². The molecule has 0 aliphatic carbocycles. The van der Waals surface area contributed by atoms with Gasteiger partial charge in [0.2, 0.25) is 0 Å². The molecule has 0 saturated carbocycles. The Labute approximate surface area is 119 Å². The van der Waals surface area contributed by atoms with E-state index in [1.165, 1.54) is 0 Å². The zero-order valence-electron chi connectivity index (χ0n) is 11.9. The third-order valence-corrected chi connectivity index (χ3v) is 3.17. The predicted molar refractivity (Wildman–Crippen MR) is 79.4 cm³/mol. The minimum Gasteiger partial charge on any atom is -0.472 e. The van der Waals surface area contributed by atoms with Gasteiger partial charge in [-0.3, -0.25) is 0 Å². The number of anilines is 1. The summed E-state index contributed by atoms with van der Waals surface area (Å²) in [5.74, 6) is 0. The van der Waals surface area contributed by atoms with Crippen LogP contribution >= 0.6 is 0 Å². The van der Waals surface area contributed by atoms with E-state index >= 15 is 0 Å². The van der Waals surface area contributed by atoms with Crippen LogP contribution in [-0.2, 0) is 13.1 Å². The van der Waals surface area contributed by atoms with Crippen LogP contribution in [0.2, 0.25) is 0 Å². The molecule has 4 heteroatoms. The lowest BCUT2D eigenvalue weighted by atomic mass is 10.1. The highest BCUT2D eigenvalue weighted by Crippen LogP contribution is 2.22. The molecular formula is C16H19N3O. The Hall–Kier alpha value is -2.25. The van der Waals surface area contributed by atoms with Gasteiger partial charge in [-0.15, -0.1) is 0 Å². The number of nitrogens with zero attached hydrogens (tertiary/aromatic N) is 2. The van der Waals surface area contributed by atoms with E-state index in [4.69, 9.17) is 4.42 Å². The minimum absolute atomic E-state index is 0.700. The summed E-state index contributed by atoms with van der Waals surface area (Å²) in [6, 6.07) is 10.2. The van der Waals surface area contributed by atoms with Gasteiger partial charge in [0.15, 0.2) is 0 Å². The molecule has 4 nitrogen and oxygen atoms in total. The average molecular weight is 269 g/mol. The lowest BCUT2D eigenvalue weighted by Crippen LogP contribution is -2.18. The zero-order valence-corrected chi connectivity index (χ0v) is 11.9. The van der Waals surface area contributed by atoms with Crippen LogP contribution in [0.25, 0.3) is 0 Å². The number of nitrogens with one attached hydrogen (secondary N) is 1. The van der Waals surface area contributed by atoms with Gasteiger partial charge >= 0.3 is 0 Å². The molecule has 0 atom stereocenters. The smallest absolute Gasteiger partial charge is 0.101 e. The highest BCUT2D eigenvalue weighted by atomic mass is 16.3. The molecule has 2 aromatic rings. The summed E-state index contributed by atoms with van der Waals surface area (Å²) in [6.07, 6.45) is 3.38. The second-order valence-electron chi connectivity index (χ2n) is 4.73. The summed E-state index contributed by atoms with van der Waals surface area (Å²) in [5, 5.41) is 12.6. The summed E-state index contributed by atoms with van der Waals surface area (Å²) >= 11 is 0. The summed E-state index contributed by atoms with van der Waals surface area (Å²) < 4.78 is 5.07. The molecule has 1 heterocycles. The topological polar surface area (TPSA) is 52.2 Å². The standard InChI is InChI=1S/C16H19N3O/c1-3-18-10-13-4-5-16(15(8-13)9-17)19(2)11-14-6-7-20-12-14/h4-8,12,18H,3,10-11H2,1-2H3. The predicted octanol–water partition coefficient (Wildman–Crippen LogP) is 2.90. The number of benzene rings is 1. The van der Waals surface area contributed by atoms with Crippen molar-refractivity contribution in [2.24, 2.45) is 0 Å². The fraction of sp³-hybridized carbons (Fsp3) is 0.312. The lowest BCUT2D eigenvalue weighted by Gasteiger charge is -2.20.